The molecule has 1 N–H and O–H groups in total. The first-order valence-electron chi connectivity index (χ1n) is 10.2. The fraction of sp³-hybridized carbons (Fsp3) is 0.381. The summed E-state index contributed by atoms with van der Waals surface area (Å²) in [6.45, 7) is 8.45. The number of ether oxygens (including phenoxy) is 2. The van der Waals surface area contributed by atoms with Crippen LogP contribution in [0.4, 0.5) is 5.13 Å². The Kier molecular flexibility index (Phi) is 8.70. The molecule has 9 nitrogen and oxygen atoms in total. The van der Waals surface area contributed by atoms with Gasteiger partial charge in [-0.1, -0.05) is 40.8 Å². The number of nitrogens with one attached hydrogen (secondary N) is 1. The highest BCUT2D eigenvalue weighted by Gasteiger charge is 2.19. The summed E-state index contributed by atoms with van der Waals surface area (Å²) in [6.07, 6.45) is 0. The number of benzene rings is 1. The summed E-state index contributed by atoms with van der Waals surface area (Å²) >= 11 is 8.53. The summed E-state index contributed by atoms with van der Waals surface area (Å²) in [5.74, 6) is 0.611. The molecule has 0 unspecified atom stereocenters. The number of aryl methyl sites for hydroxylation is 2. The lowest BCUT2D eigenvalue weighted by atomic mass is 10.2. The molecule has 0 aliphatic carbocycles. The zero-order chi connectivity index (χ0) is 24.0. The topological polar surface area (TPSA) is 108 Å². The van der Waals surface area contributed by atoms with Crippen LogP contribution in [0.3, 0.4) is 0 Å². The van der Waals surface area contributed by atoms with Crippen molar-refractivity contribution in [3.05, 3.63) is 45.2 Å². The maximum atomic E-state index is 12.4. The molecule has 0 radical (unpaired) electrons. The first kappa shape index (κ1) is 25.0. The molecule has 0 spiro atoms. The maximum absolute atomic E-state index is 12.4. The molecule has 2 aromatic heterocycles. The molecule has 3 rings (SSSR count). The van der Waals surface area contributed by atoms with Gasteiger partial charge in [-0.05, 0) is 45.4 Å². The van der Waals surface area contributed by atoms with E-state index in [1.807, 2.05) is 30.5 Å². The minimum Gasteiger partial charge on any atom is -0.484 e. The van der Waals surface area contributed by atoms with Crippen LogP contribution >= 0.6 is 34.7 Å². The summed E-state index contributed by atoms with van der Waals surface area (Å²) in [6, 6.07) is 5.56. The van der Waals surface area contributed by atoms with Gasteiger partial charge >= 0.3 is 5.97 Å². The third kappa shape index (κ3) is 6.46. The number of carbonyl (C=O) groups excluding carboxylic acids is 2. The molecular weight excluding hydrogens is 486 g/mol. The highest BCUT2D eigenvalue weighted by molar-refractivity contribution is 7.99. The second-order valence-electron chi connectivity index (χ2n) is 6.86. The summed E-state index contributed by atoms with van der Waals surface area (Å²) in [5, 5.41) is 12.6. The van der Waals surface area contributed by atoms with Crippen molar-refractivity contribution in [2.75, 3.05) is 17.7 Å². The largest absolute Gasteiger partial charge is 0.484 e. The predicted octanol–water partition coefficient (Wildman–Crippen LogP) is 4.51. The number of anilines is 1. The van der Waals surface area contributed by atoms with Gasteiger partial charge in [0.25, 0.3) is 0 Å². The van der Waals surface area contributed by atoms with Gasteiger partial charge in [-0.2, -0.15) is 0 Å². The van der Waals surface area contributed by atoms with Gasteiger partial charge in [0.05, 0.1) is 23.1 Å². The van der Waals surface area contributed by atoms with Crippen LogP contribution in [0.15, 0.2) is 23.4 Å². The average Bonchev–Trinajstić information content (AvgIpc) is 3.35. The minimum atomic E-state index is -0.444. The van der Waals surface area contributed by atoms with Crippen molar-refractivity contribution in [1.82, 2.24) is 19.7 Å². The standard InChI is InChI=1S/C21H24ClN5O4S2/c1-5-27-16(10-31-15-9-12(3)7-8-14(15)22)25-26-21(27)32-11-17(28)24-20-23-13(4)18(33-20)19(29)30-6-2/h7-9H,5-6,10-11H2,1-4H3,(H,23,24,28). The summed E-state index contributed by atoms with van der Waals surface area (Å²) < 4.78 is 12.7. The number of halogens is 1. The molecule has 0 fully saturated rings. The molecule has 176 valence electrons. The molecule has 12 heteroatoms. The zero-order valence-electron chi connectivity index (χ0n) is 18.7. The Morgan fingerprint density at radius 1 is 1.24 bits per heavy atom. The Bertz CT molecular complexity index is 1150. The molecule has 3 aromatic rings. The van der Waals surface area contributed by atoms with Gasteiger partial charge in [0.1, 0.15) is 17.2 Å². The Labute approximate surface area is 204 Å². The second-order valence-corrected chi connectivity index (χ2v) is 9.21. The Morgan fingerprint density at radius 3 is 2.76 bits per heavy atom. The van der Waals surface area contributed by atoms with Gasteiger partial charge in [-0.25, -0.2) is 9.78 Å². The lowest BCUT2D eigenvalue weighted by Crippen LogP contribution is -2.14. The third-order valence-corrected chi connectivity index (χ3v) is 6.72. The average molecular weight is 510 g/mol. The van der Waals surface area contributed by atoms with E-state index in [9.17, 15) is 9.59 Å². The van der Waals surface area contributed by atoms with Gasteiger partial charge in [-0.3, -0.25) is 4.79 Å². The smallest absolute Gasteiger partial charge is 0.350 e. The van der Waals surface area contributed by atoms with Crippen LogP contribution in [0.1, 0.15) is 40.6 Å². The van der Waals surface area contributed by atoms with Crippen LogP contribution in [-0.2, 0) is 22.7 Å². The molecule has 1 amide bonds. The van der Waals surface area contributed by atoms with E-state index in [-0.39, 0.29) is 24.9 Å². The van der Waals surface area contributed by atoms with Crippen molar-refractivity contribution < 1.29 is 19.1 Å². The molecule has 0 aliphatic heterocycles. The highest BCUT2D eigenvalue weighted by atomic mass is 35.5. The molecule has 0 aliphatic rings. The normalized spacial score (nSPS) is 10.8. The zero-order valence-corrected chi connectivity index (χ0v) is 21.1. The minimum absolute atomic E-state index is 0.107. The number of aromatic nitrogens is 4. The molecule has 33 heavy (non-hydrogen) atoms. The Balaban J connectivity index is 1.58. The van der Waals surface area contributed by atoms with Crippen LogP contribution in [-0.4, -0.2) is 44.0 Å². The number of thiazole rings is 1. The quantitative estimate of drug-likeness (QED) is 0.314. The van der Waals surface area contributed by atoms with E-state index in [1.165, 1.54) is 11.8 Å². The van der Waals surface area contributed by atoms with Crippen molar-refractivity contribution in [3.63, 3.8) is 0 Å². The SMILES string of the molecule is CCOC(=O)c1sc(NC(=O)CSc2nnc(COc3cc(C)ccc3Cl)n2CC)nc1C. The summed E-state index contributed by atoms with van der Waals surface area (Å²) in [7, 11) is 0. The Hall–Kier alpha value is -2.63. The number of hydrogen-bond acceptors (Lipinski definition) is 9. The van der Waals surface area contributed by atoms with E-state index in [2.05, 4.69) is 20.5 Å². The second kappa shape index (κ2) is 11.5. The van der Waals surface area contributed by atoms with Gasteiger partial charge < -0.3 is 19.4 Å². The van der Waals surface area contributed by atoms with Gasteiger partial charge in [-0.15, -0.1) is 10.2 Å². The molecule has 0 atom stereocenters. The third-order valence-electron chi connectivity index (χ3n) is 4.39. The fourth-order valence-electron chi connectivity index (χ4n) is 2.84. The van der Waals surface area contributed by atoms with E-state index in [0.717, 1.165) is 16.9 Å². The molecule has 0 saturated heterocycles. The van der Waals surface area contributed by atoms with Crippen molar-refractivity contribution >= 4 is 51.7 Å². The van der Waals surface area contributed by atoms with Crippen LogP contribution in [0.25, 0.3) is 0 Å². The predicted molar refractivity (Wildman–Crippen MR) is 128 cm³/mol. The molecule has 0 bridgehead atoms. The molecule has 0 saturated carbocycles. The van der Waals surface area contributed by atoms with Crippen LogP contribution in [0.5, 0.6) is 5.75 Å². The fourth-order valence-corrected chi connectivity index (χ4v) is 4.70. The van der Waals surface area contributed by atoms with E-state index in [0.29, 0.717) is 44.0 Å². The van der Waals surface area contributed by atoms with Crippen molar-refractivity contribution in [2.24, 2.45) is 0 Å². The Morgan fingerprint density at radius 2 is 2.03 bits per heavy atom. The first-order valence-corrected chi connectivity index (χ1v) is 12.4. The highest BCUT2D eigenvalue weighted by Crippen LogP contribution is 2.27. The number of nitrogens with zero attached hydrogens (tertiary/aromatic N) is 4. The van der Waals surface area contributed by atoms with Gasteiger partial charge in [0, 0.05) is 6.54 Å². The van der Waals surface area contributed by atoms with Gasteiger partial charge in [0.15, 0.2) is 16.1 Å². The van der Waals surface area contributed by atoms with E-state index in [4.69, 9.17) is 21.1 Å². The lowest BCUT2D eigenvalue weighted by Gasteiger charge is -2.10. The van der Waals surface area contributed by atoms with Crippen LogP contribution < -0.4 is 10.1 Å². The lowest BCUT2D eigenvalue weighted by molar-refractivity contribution is -0.113. The maximum Gasteiger partial charge on any atom is 0.350 e. The van der Waals surface area contributed by atoms with Crippen LogP contribution in [0.2, 0.25) is 5.02 Å². The van der Waals surface area contributed by atoms with E-state index < -0.39 is 5.97 Å². The molecule has 2 heterocycles. The molecule has 1 aromatic carbocycles. The van der Waals surface area contributed by atoms with Crippen molar-refractivity contribution in [1.29, 1.82) is 0 Å². The van der Waals surface area contributed by atoms with E-state index >= 15 is 0 Å². The number of hydrogen-bond donors (Lipinski definition) is 1. The van der Waals surface area contributed by atoms with E-state index in [1.54, 1.807) is 19.9 Å². The number of carbonyl (C=O) groups is 2. The van der Waals surface area contributed by atoms with Gasteiger partial charge in [0.2, 0.25) is 5.91 Å². The van der Waals surface area contributed by atoms with Crippen molar-refractivity contribution in [2.45, 2.75) is 46.0 Å². The van der Waals surface area contributed by atoms with Crippen LogP contribution in [0, 0.1) is 13.8 Å². The van der Waals surface area contributed by atoms with Crippen molar-refractivity contribution in [3.8, 4) is 5.75 Å². The summed E-state index contributed by atoms with van der Waals surface area (Å²) in [5.41, 5.74) is 1.56. The number of rotatable bonds is 10. The number of thioether (sulfide) groups is 1. The monoisotopic (exact) mass is 509 g/mol. The first-order chi connectivity index (χ1) is 15.8. The summed E-state index contributed by atoms with van der Waals surface area (Å²) in [4.78, 5) is 28.9. The molecular formula is C21H24ClN5O4S2. The number of esters is 1. The number of amides is 1.